The molecule has 0 N–H and O–H groups in total. The van der Waals surface area contributed by atoms with E-state index in [0.29, 0.717) is 11.6 Å². The summed E-state index contributed by atoms with van der Waals surface area (Å²) in [5.74, 6) is 0.939. The number of hydrogen-bond acceptors (Lipinski definition) is 4. The Balaban J connectivity index is 2.27. The summed E-state index contributed by atoms with van der Waals surface area (Å²) in [5.41, 5.74) is 0.944. The van der Waals surface area contributed by atoms with Gasteiger partial charge < -0.3 is 4.74 Å². The molecule has 2 aromatic rings. The summed E-state index contributed by atoms with van der Waals surface area (Å²) in [4.78, 5) is 3.85. The molecule has 1 heterocycles. The van der Waals surface area contributed by atoms with Gasteiger partial charge in [0.15, 0.2) is 0 Å². The monoisotopic (exact) mass is 361 g/mol. The number of halogens is 2. The minimum atomic E-state index is -3.76. The fourth-order valence-electron chi connectivity index (χ4n) is 1.37. The van der Waals surface area contributed by atoms with E-state index in [4.69, 9.17) is 15.4 Å². The van der Waals surface area contributed by atoms with Crippen LogP contribution in [0.25, 0.3) is 0 Å². The molecule has 7 heteroatoms. The molecule has 0 aliphatic heterocycles. The number of pyridine rings is 1. The molecule has 0 unspecified atom stereocenters. The van der Waals surface area contributed by atoms with Crippen LogP contribution in [-0.4, -0.2) is 13.4 Å². The summed E-state index contributed by atoms with van der Waals surface area (Å²) in [5, 5.41) is 0. The lowest BCUT2D eigenvalue weighted by Crippen LogP contribution is -1.94. The van der Waals surface area contributed by atoms with Gasteiger partial charge in [-0.05, 0) is 30.7 Å². The van der Waals surface area contributed by atoms with E-state index in [1.54, 1.807) is 0 Å². The van der Waals surface area contributed by atoms with Gasteiger partial charge in [-0.15, -0.1) is 0 Å². The molecular formula is C12H9BrClNO3S. The van der Waals surface area contributed by atoms with Crippen LogP contribution in [0.3, 0.4) is 0 Å². The van der Waals surface area contributed by atoms with Crippen molar-refractivity contribution in [2.24, 2.45) is 0 Å². The molecule has 0 atom stereocenters. The van der Waals surface area contributed by atoms with Gasteiger partial charge in [-0.2, -0.15) is 0 Å². The molecule has 0 radical (unpaired) electrons. The minimum absolute atomic E-state index is 0.0625. The Morgan fingerprint density at radius 2 is 2.00 bits per heavy atom. The number of benzene rings is 1. The fraction of sp³-hybridized carbons (Fsp3) is 0.0833. The second kappa shape index (κ2) is 5.48. The standard InChI is InChI=1S/C12H9BrClNO3S/c1-8-2-3-9(13)6-11(8)18-12-5-4-10(7-15-12)19(14,16)17/h2-7H,1H3. The lowest BCUT2D eigenvalue weighted by molar-refractivity contribution is 0.458. The molecule has 100 valence electrons. The molecule has 0 saturated heterocycles. The number of rotatable bonds is 3. The van der Waals surface area contributed by atoms with Crippen molar-refractivity contribution in [3.63, 3.8) is 0 Å². The van der Waals surface area contributed by atoms with Crippen molar-refractivity contribution in [2.75, 3.05) is 0 Å². The van der Waals surface area contributed by atoms with E-state index in [0.717, 1.165) is 16.2 Å². The molecule has 19 heavy (non-hydrogen) atoms. The summed E-state index contributed by atoms with van der Waals surface area (Å²) < 4.78 is 28.6. The predicted molar refractivity (Wildman–Crippen MR) is 76.2 cm³/mol. The van der Waals surface area contributed by atoms with Crippen molar-refractivity contribution >= 4 is 35.7 Å². The first kappa shape index (κ1) is 14.3. The van der Waals surface area contributed by atoms with Crippen LogP contribution in [0.1, 0.15) is 5.56 Å². The van der Waals surface area contributed by atoms with Gasteiger partial charge in [-0.1, -0.05) is 22.0 Å². The van der Waals surface area contributed by atoms with Crippen LogP contribution >= 0.6 is 26.6 Å². The molecule has 0 amide bonds. The maximum atomic E-state index is 11.1. The zero-order valence-electron chi connectivity index (χ0n) is 9.80. The molecule has 0 aliphatic carbocycles. The van der Waals surface area contributed by atoms with Gasteiger partial charge in [-0.3, -0.25) is 0 Å². The summed E-state index contributed by atoms with van der Waals surface area (Å²) in [6.45, 7) is 1.90. The quantitative estimate of drug-likeness (QED) is 0.778. The Labute approximate surface area is 123 Å². The molecule has 0 saturated carbocycles. The molecule has 2 rings (SSSR count). The second-order valence-electron chi connectivity index (χ2n) is 3.78. The van der Waals surface area contributed by atoms with Gasteiger partial charge in [0.25, 0.3) is 9.05 Å². The average Bonchev–Trinajstić information content (AvgIpc) is 2.33. The summed E-state index contributed by atoms with van der Waals surface area (Å²) in [7, 11) is 1.44. The van der Waals surface area contributed by atoms with E-state index in [1.807, 2.05) is 25.1 Å². The van der Waals surface area contributed by atoms with Crippen molar-refractivity contribution in [1.82, 2.24) is 4.98 Å². The van der Waals surface area contributed by atoms with Crippen molar-refractivity contribution < 1.29 is 13.2 Å². The zero-order valence-corrected chi connectivity index (χ0v) is 13.0. The van der Waals surface area contributed by atoms with Gasteiger partial charge in [0.05, 0.1) is 6.20 Å². The fourth-order valence-corrected chi connectivity index (χ4v) is 2.39. The first-order valence-corrected chi connectivity index (χ1v) is 8.31. The lowest BCUT2D eigenvalue weighted by Gasteiger charge is -2.08. The molecule has 0 aliphatic rings. The van der Waals surface area contributed by atoms with E-state index < -0.39 is 9.05 Å². The predicted octanol–water partition coefficient (Wildman–Crippen LogP) is 3.87. The van der Waals surface area contributed by atoms with Crippen LogP contribution in [0.15, 0.2) is 45.9 Å². The first-order chi connectivity index (χ1) is 8.86. The minimum Gasteiger partial charge on any atom is -0.439 e. The van der Waals surface area contributed by atoms with Crippen LogP contribution in [0.5, 0.6) is 11.6 Å². The Kier molecular flexibility index (Phi) is 4.13. The third-order valence-corrected chi connectivity index (χ3v) is 4.19. The smallest absolute Gasteiger partial charge is 0.262 e. The van der Waals surface area contributed by atoms with E-state index in [-0.39, 0.29) is 4.90 Å². The van der Waals surface area contributed by atoms with Crippen molar-refractivity contribution in [3.8, 4) is 11.6 Å². The average molecular weight is 363 g/mol. The summed E-state index contributed by atoms with van der Waals surface area (Å²) in [6.07, 6.45) is 1.16. The highest BCUT2D eigenvalue weighted by Gasteiger charge is 2.11. The van der Waals surface area contributed by atoms with Crippen molar-refractivity contribution in [2.45, 2.75) is 11.8 Å². The highest BCUT2D eigenvalue weighted by Crippen LogP contribution is 2.27. The third kappa shape index (κ3) is 3.68. The van der Waals surface area contributed by atoms with E-state index >= 15 is 0 Å². The molecular weight excluding hydrogens is 354 g/mol. The van der Waals surface area contributed by atoms with E-state index in [2.05, 4.69) is 20.9 Å². The summed E-state index contributed by atoms with van der Waals surface area (Å²) >= 11 is 3.35. The van der Waals surface area contributed by atoms with Crippen LogP contribution in [-0.2, 0) is 9.05 Å². The highest BCUT2D eigenvalue weighted by molar-refractivity contribution is 9.10. The topological polar surface area (TPSA) is 56.3 Å². The Morgan fingerprint density at radius 1 is 1.26 bits per heavy atom. The maximum Gasteiger partial charge on any atom is 0.262 e. The highest BCUT2D eigenvalue weighted by atomic mass is 79.9. The van der Waals surface area contributed by atoms with E-state index in [1.165, 1.54) is 12.1 Å². The van der Waals surface area contributed by atoms with Crippen LogP contribution in [0, 0.1) is 6.92 Å². The van der Waals surface area contributed by atoms with Crippen molar-refractivity contribution in [1.29, 1.82) is 0 Å². The Morgan fingerprint density at radius 3 is 2.58 bits per heavy atom. The van der Waals surface area contributed by atoms with Crippen molar-refractivity contribution in [3.05, 3.63) is 46.6 Å². The molecule has 1 aromatic heterocycles. The first-order valence-electron chi connectivity index (χ1n) is 5.21. The van der Waals surface area contributed by atoms with E-state index in [9.17, 15) is 8.42 Å². The normalized spacial score (nSPS) is 11.3. The maximum absolute atomic E-state index is 11.1. The number of ether oxygens (including phenoxy) is 1. The molecule has 0 spiro atoms. The van der Waals surface area contributed by atoms with Gasteiger partial charge in [0.2, 0.25) is 5.88 Å². The van der Waals surface area contributed by atoms with Gasteiger partial charge in [0.1, 0.15) is 10.6 Å². The van der Waals surface area contributed by atoms with Gasteiger partial charge >= 0.3 is 0 Å². The van der Waals surface area contributed by atoms with Crippen LogP contribution in [0.4, 0.5) is 0 Å². The Hall–Kier alpha value is -1.11. The third-order valence-electron chi connectivity index (χ3n) is 2.36. The van der Waals surface area contributed by atoms with Crippen LogP contribution < -0.4 is 4.74 Å². The molecule has 0 bridgehead atoms. The van der Waals surface area contributed by atoms with Crippen LogP contribution in [0.2, 0.25) is 0 Å². The number of nitrogens with zero attached hydrogens (tertiary/aromatic N) is 1. The van der Waals surface area contributed by atoms with Gasteiger partial charge in [-0.25, -0.2) is 13.4 Å². The molecule has 1 aromatic carbocycles. The Bertz CT molecular complexity index is 701. The SMILES string of the molecule is Cc1ccc(Br)cc1Oc1ccc(S(=O)(=O)Cl)cn1. The van der Waals surface area contributed by atoms with Gasteiger partial charge in [0, 0.05) is 21.2 Å². The zero-order chi connectivity index (χ0) is 14.0. The number of hydrogen-bond donors (Lipinski definition) is 0. The molecule has 4 nitrogen and oxygen atoms in total. The molecule has 0 fully saturated rings. The lowest BCUT2D eigenvalue weighted by atomic mass is 10.2. The second-order valence-corrected chi connectivity index (χ2v) is 7.26. The number of aryl methyl sites for hydroxylation is 1. The number of aromatic nitrogens is 1. The summed E-state index contributed by atoms with van der Waals surface area (Å²) in [6, 6.07) is 8.41. The largest absolute Gasteiger partial charge is 0.439 e.